The third-order valence-corrected chi connectivity index (χ3v) is 5.07. The highest BCUT2D eigenvalue weighted by molar-refractivity contribution is 5.97. The van der Waals surface area contributed by atoms with E-state index in [4.69, 9.17) is 9.47 Å². The number of hydrogen-bond acceptors (Lipinski definition) is 7. The lowest BCUT2D eigenvalue weighted by Gasteiger charge is -2.09. The van der Waals surface area contributed by atoms with Gasteiger partial charge in [-0.2, -0.15) is 0 Å². The zero-order valence-electron chi connectivity index (χ0n) is 20.1. The molecule has 3 rings (SSSR count). The summed E-state index contributed by atoms with van der Waals surface area (Å²) in [6.45, 7) is 2.96. The molecule has 9 heteroatoms. The van der Waals surface area contributed by atoms with Crippen LogP contribution in [0.5, 0.6) is 0 Å². The van der Waals surface area contributed by atoms with Crippen molar-refractivity contribution in [3.8, 4) is 0 Å². The summed E-state index contributed by atoms with van der Waals surface area (Å²) in [6.07, 6.45) is 1.64. The van der Waals surface area contributed by atoms with Crippen LogP contribution >= 0.6 is 0 Å². The fraction of sp³-hybridized carbons (Fsp3) is 0.222. The van der Waals surface area contributed by atoms with E-state index >= 15 is 0 Å². The number of pyridine rings is 1. The first-order valence-corrected chi connectivity index (χ1v) is 11.5. The number of nitrogens with one attached hydrogen (secondary N) is 2. The summed E-state index contributed by atoms with van der Waals surface area (Å²) >= 11 is 0. The molecular weight excluding hydrogens is 462 g/mol. The van der Waals surface area contributed by atoms with E-state index < -0.39 is 37.0 Å². The molecule has 0 radical (unpaired) electrons. The smallest absolute Gasteiger partial charge is 0.357 e. The number of carbonyl (C=O) groups is 4. The lowest BCUT2D eigenvalue weighted by molar-refractivity contribution is -0.119. The van der Waals surface area contributed by atoms with Gasteiger partial charge in [0.15, 0.2) is 13.2 Å². The number of esters is 2. The molecule has 0 atom stereocenters. The summed E-state index contributed by atoms with van der Waals surface area (Å²) < 4.78 is 10.0. The number of amides is 2. The summed E-state index contributed by atoms with van der Waals surface area (Å²) in [5, 5.41) is 5.31. The average molecular weight is 490 g/mol. The molecule has 1 aromatic heterocycles. The molecule has 0 aliphatic rings. The fourth-order valence-electron chi connectivity index (χ4n) is 3.20. The molecule has 2 N–H and O–H groups in total. The molecule has 1 heterocycles. The highest BCUT2D eigenvalue weighted by Crippen LogP contribution is 2.12. The Balaban J connectivity index is 1.49. The zero-order valence-corrected chi connectivity index (χ0v) is 20.1. The molecule has 0 fully saturated rings. The lowest BCUT2D eigenvalue weighted by atomic mass is 10.1. The second-order valence-electron chi connectivity index (χ2n) is 7.76. The minimum Gasteiger partial charge on any atom is -0.451 e. The van der Waals surface area contributed by atoms with E-state index in [1.165, 1.54) is 18.2 Å². The van der Waals surface area contributed by atoms with Crippen LogP contribution in [0.4, 0.5) is 11.4 Å². The maximum Gasteiger partial charge on any atom is 0.357 e. The largest absolute Gasteiger partial charge is 0.451 e. The van der Waals surface area contributed by atoms with E-state index in [1.54, 1.807) is 12.1 Å². The minimum absolute atomic E-state index is 0.175. The maximum absolute atomic E-state index is 12.3. The first-order valence-electron chi connectivity index (χ1n) is 11.5. The second kappa shape index (κ2) is 12.8. The van der Waals surface area contributed by atoms with Crippen molar-refractivity contribution in [1.82, 2.24) is 4.98 Å². The summed E-state index contributed by atoms with van der Waals surface area (Å²) in [5.41, 5.74) is 2.96. The highest BCUT2D eigenvalue weighted by atomic mass is 16.5. The average Bonchev–Trinajstić information content (AvgIpc) is 2.90. The minimum atomic E-state index is -0.879. The Morgan fingerprint density at radius 2 is 1.08 bits per heavy atom. The van der Waals surface area contributed by atoms with Gasteiger partial charge in [-0.05, 0) is 60.4 Å². The number of carbonyl (C=O) groups excluding carboxylic acids is 4. The Morgan fingerprint density at radius 1 is 0.667 bits per heavy atom. The van der Waals surface area contributed by atoms with Gasteiger partial charge in [-0.25, -0.2) is 14.6 Å². The Labute approximate surface area is 208 Å². The number of benzene rings is 2. The van der Waals surface area contributed by atoms with Gasteiger partial charge in [0.1, 0.15) is 11.4 Å². The van der Waals surface area contributed by atoms with Crippen LogP contribution in [-0.2, 0) is 31.9 Å². The predicted octanol–water partition coefficient (Wildman–Crippen LogP) is 3.80. The SMILES string of the molecule is CCc1cccc(NC(=O)COC(=O)c2cccc(C(=O)OCC(=O)Nc3cccc(CC)c3)n2)c1. The molecule has 3 aromatic rings. The van der Waals surface area contributed by atoms with E-state index in [1.807, 2.05) is 50.2 Å². The first-order chi connectivity index (χ1) is 17.4. The van der Waals surface area contributed by atoms with Gasteiger partial charge in [-0.3, -0.25) is 9.59 Å². The van der Waals surface area contributed by atoms with Gasteiger partial charge in [0.05, 0.1) is 0 Å². The van der Waals surface area contributed by atoms with Crippen molar-refractivity contribution >= 4 is 35.1 Å². The van der Waals surface area contributed by atoms with Gasteiger partial charge < -0.3 is 20.1 Å². The molecule has 0 unspecified atom stereocenters. The Bertz CT molecular complexity index is 1160. The molecule has 0 aliphatic heterocycles. The maximum atomic E-state index is 12.3. The van der Waals surface area contributed by atoms with Crippen LogP contribution in [0.15, 0.2) is 66.7 Å². The molecule has 0 spiro atoms. The molecule has 0 bridgehead atoms. The van der Waals surface area contributed by atoms with Gasteiger partial charge >= 0.3 is 11.9 Å². The summed E-state index contributed by atoms with van der Waals surface area (Å²) in [7, 11) is 0. The molecule has 186 valence electrons. The molecule has 0 saturated heterocycles. The molecule has 0 aliphatic carbocycles. The van der Waals surface area contributed by atoms with Crippen LogP contribution in [0.1, 0.15) is 46.0 Å². The third kappa shape index (κ3) is 7.76. The van der Waals surface area contributed by atoms with Crippen LogP contribution in [0.3, 0.4) is 0 Å². The molecule has 2 aromatic carbocycles. The van der Waals surface area contributed by atoms with Gasteiger partial charge in [0.2, 0.25) is 0 Å². The molecule has 0 saturated carbocycles. The Morgan fingerprint density at radius 3 is 1.50 bits per heavy atom. The number of rotatable bonds is 10. The Hall–Kier alpha value is -4.53. The number of anilines is 2. The van der Waals surface area contributed by atoms with Crippen LogP contribution in [-0.4, -0.2) is 42.0 Å². The quantitative estimate of drug-likeness (QED) is 0.415. The van der Waals surface area contributed by atoms with E-state index in [2.05, 4.69) is 15.6 Å². The van der Waals surface area contributed by atoms with Gasteiger partial charge in [-0.1, -0.05) is 44.2 Å². The number of nitrogens with zero attached hydrogens (tertiary/aromatic N) is 1. The van der Waals surface area contributed by atoms with Gasteiger partial charge in [0, 0.05) is 11.4 Å². The molecular formula is C27H27N3O6. The second-order valence-corrected chi connectivity index (χ2v) is 7.76. The zero-order chi connectivity index (χ0) is 25.9. The van der Waals surface area contributed by atoms with Crippen molar-refractivity contribution in [1.29, 1.82) is 0 Å². The van der Waals surface area contributed by atoms with E-state index in [-0.39, 0.29) is 11.4 Å². The number of aromatic nitrogens is 1. The van der Waals surface area contributed by atoms with E-state index in [9.17, 15) is 19.2 Å². The predicted molar refractivity (Wildman–Crippen MR) is 134 cm³/mol. The molecule has 2 amide bonds. The third-order valence-electron chi connectivity index (χ3n) is 5.07. The van der Waals surface area contributed by atoms with Crippen molar-refractivity contribution in [2.45, 2.75) is 26.7 Å². The van der Waals surface area contributed by atoms with Gasteiger partial charge in [-0.15, -0.1) is 0 Å². The summed E-state index contributed by atoms with van der Waals surface area (Å²) in [4.78, 5) is 52.8. The van der Waals surface area contributed by atoms with E-state index in [0.717, 1.165) is 24.0 Å². The van der Waals surface area contributed by atoms with Crippen molar-refractivity contribution in [3.05, 3.63) is 89.2 Å². The van der Waals surface area contributed by atoms with Crippen molar-refractivity contribution in [2.75, 3.05) is 23.8 Å². The Kier molecular flexibility index (Phi) is 9.27. The normalized spacial score (nSPS) is 10.3. The topological polar surface area (TPSA) is 124 Å². The standard InChI is InChI=1S/C27H27N3O6/c1-3-18-8-5-10-20(14-18)28-24(31)16-35-26(33)22-12-7-13-23(30-22)27(34)36-17-25(32)29-21-11-6-9-19(4-2)15-21/h5-15H,3-4,16-17H2,1-2H3,(H,28,31)(H,29,32). The molecule has 9 nitrogen and oxygen atoms in total. The van der Waals surface area contributed by atoms with Crippen molar-refractivity contribution < 1.29 is 28.7 Å². The lowest BCUT2D eigenvalue weighted by Crippen LogP contribution is -2.23. The fourth-order valence-corrected chi connectivity index (χ4v) is 3.20. The summed E-state index contributed by atoms with van der Waals surface area (Å²) in [6, 6.07) is 18.8. The number of ether oxygens (including phenoxy) is 2. The number of hydrogen-bond donors (Lipinski definition) is 2. The van der Waals surface area contributed by atoms with Crippen molar-refractivity contribution in [2.24, 2.45) is 0 Å². The van der Waals surface area contributed by atoms with E-state index in [0.29, 0.717) is 11.4 Å². The first kappa shape index (κ1) is 26.1. The summed E-state index contributed by atoms with van der Waals surface area (Å²) in [5.74, 6) is -2.78. The monoisotopic (exact) mass is 489 g/mol. The van der Waals surface area contributed by atoms with Crippen LogP contribution in [0.2, 0.25) is 0 Å². The van der Waals surface area contributed by atoms with Crippen molar-refractivity contribution in [3.63, 3.8) is 0 Å². The van der Waals surface area contributed by atoms with Crippen LogP contribution < -0.4 is 10.6 Å². The van der Waals surface area contributed by atoms with Crippen LogP contribution in [0.25, 0.3) is 0 Å². The molecule has 36 heavy (non-hydrogen) atoms. The van der Waals surface area contributed by atoms with Gasteiger partial charge in [0.25, 0.3) is 11.8 Å². The number of aryl methyl sites for hydroxylation is 2. The highest BCUT2D eigenvalue weighted by Gasteiger charge is 2.17. The van der Waals surface area contributed by atoms with Crippen LogP contribution in [0, 0.1) is 0 Å².